The van der Waals surface area contributed by atoms with Gasteiger partial charge in [-0.25, -0.2) is 0 Å². The van der Waals surface area contributed by atoms with Gasteiger partial charge >= 0.3 is 5.97 Å². The number of carboxylic acid groups (broad SMARTS) is 1. The Labute approximate surface area is 113 Å². The van der Waals surface area contributed by atoms with E-state index in [1.54, 1.807) is 4.90 Å². The summed E-state index contributed by atoms with van der Waals surface area (Å²) in [6.45, 7) is 0.947. The van der Waals surface area contributed by atoms with Crippen LogP contribution >= 0.6 is 12.4 Å². The summed E-state index contributed by atoms with van der Waals surface area (Å²) >= 11 is 0. The van der Waals surface area contributed by atoms with Gasteiger partial charge in [0, 0.05) is 6.04 Å². The first-order valence-corrected chi connectivity index (χ1v) is 6.43. The molecule has 104 valence electrons. The van der Waals surface area contributed by atoms with Gasteiger partial charge in [-0.3, -0.25) is 14.5 Å². The third-order valence-corrected chi connectivity index (χ3v) is 3.72. The van der Waals surface area contributed by atoms with E-state index in [4.69, 9.17) is 5.11 Å². The highest BCUT2D eigenvalue weighted by molar-refractivity contribution is 5.85. The number of carbonyl (C=O) groups excluding carboxylic acids is 1. The lowest BCUT2D eigenvalue weighted by Crippen LogP contribution is -2.45. The van der Waals surface area contributed by atoms with Crippen LogP contribution in [-0.4, -0.2) is 47.1 Å². The second-order valence-corrected chi connectivity index (χ2v) is 5.02. The van der Waals surface area contributed by atoms with Crippen LogP contribution in [0.1, 0.15) is 38.5 Å². The zero-order chi connectivity index (χ0) is 12.3. The second kappa shape index (κ2) is 6.95. The average molecular weight is 277 g/mol. The van der Waals surface area contributed by atoms with Crippen molar-refractivity contribution in [2.24, 2.45) is 0 Å². The molecule has 0 aromatic heterocycles. The number of halogens is 1. The zero-order valence-electron chi connectivity index (χ0n) is 10.4. The maximum absolute atomic E-state index is 11.8. The first-order valence-electron chi connectivity index (χ1n) is 6.43. The van der Waals surface area contributed by atoms with Gasteiger partial charge in [-0.2, -0.15) is 0 Å². The fraction of sp³-hybridized carbons (Fsp3) is 0.833. The van der Waals surface area contributed by atoms with Crippen molar-refractivity contribution in [2.45, 2.75) is 50.6 Å². The molecular formula is C12H21ClN2O3. The molecule has 1 amide bonds. The van der Waals surface area contributed by atoms with E-state index in [1.807, 2.05) is 0 Å². The smallest absolute Gasteiger partial charge is 0.320 e. The van der Waals surface area contributed by atoms with Crippen molar-refractivity contribution in [3.05, 3.63) is 0 Å². The number of aliphatic carboxylic acids is 1. The third kappa shape index (κ3) is 3.85. The molecule has 0 bridgehead atoms. The van der Waals surface area contributed by atoms with E-state index < -0.39 is 12.0 Å². The summed E-state index contributed by atoms with van der Waals surface area (Å²) < 4.78 is 0. The Balaban J connectivity index is 0.00000162. The van der Waals surface area contributed by atoms with Gasteiger partial charge in [-0.1, -0.05) is 12.8 Å². The molecule has 1 saturated heterocycles. The molecule has 1 atom stereocenters. The molecule has 0 aromatic rings. The highest BCUT2D eigenvalue weighted by Gasteiger charge is 2.32. The quantitative estimate of drug-likeness (QED) is 0.804. The summed E-state index contributed by atoms with van der Waals surface area (Å²) in [7, 11) is 0. The number of rotatable bonds is 4. The van der Waals surface area contributed by atoms with Gasteiger partial charge in [0.05, 0.1) is 6.54 Å². The molecule has 2 aliphatic rings. The van der Waals surface area contributed by atoms with Crippen LogP contribution < -0.4 is 5.32 Å². The van der Waals surface area contributed by atoms with Gasteiger partial charge in [-0.05, 0) is 32.2 Å². The van der Waals surface area contributed by atoms with E-state index in [2.05, 4.69) is 5.32 Å². The minimum Gasteiger partial charge on any atom is -0.480 e. The number of carbonyl (C=O) groups is 2. The Morgan fingerprint density at radius 3 is 2.44 bits per heavy atom. The van der Waals surface area contributed by atoms with Gasteiger partial charge in [0.2, 0.25) is 5.91 Å². The van der Waals surface area contributed by atoms with Crippen LogP contribution in [0, 0.1) is 0 Å². The highest BCUT2D eigenvalue weighted by Crippen LogP contribution is 2.19. The Morgan fingerprint density at radius 1 is 1.17 bits per heavy atom. The molecule has 0 spiro atoms. The topological polar surface area (TPSA) is 69.6 Å². The summed E-state index contributed by atoms with van der Waals surface area (Å²) in [6.07, 6.45) is 6.03. The lowest BCUT2D eigenvalue weighted by molar-refractivity contribution is -0.142. The lowest BCUT2D eigenvalue weighted by atomic mass is 10.2. The van der Waals surface area contributed by atoms with Gasteiger partial charge in [0.1, 0.15) is 6.04 Å². The molecule has 0 radical (unpaired) electrons. The number of nitrogens with zero attached hydrogens (tertiary/aromatic N) is 1. The van der Waals surface area contributed by atoms with Gasteiger partial charge in [0.25, 0.3) is 0 Å². The van der Waals surface area contributed by atoms with Crippen molar-refractivity contribution in [1.82, 2.24) is 10.2 Å². The molecule has 1 unspecified atom stereocenters. The molecule has 2 rings (SSSR count). The van der Waals surface area contributed by atoms with Crippen LogP contribution in [0.3, 0.4) is 0 Å². The molecule has 2 fully saturated rings. The van der Waals surface area contributed by atoms with E-state index in [-0.39, 0.29) is 24.9 Å². The molecule has 1 aliphatic heterocycles. The van der Waals surface area contributed by atoms with Gasteiger partial charge < -0.3 is 10.4 Å². The Hall–Kier alpha value is -0.810. The fourth-order valence-corrected chi connectivity index (χ4v) is 2.82. The number of carboxylic acids is 1. The SMILES string of the molecule is Cl.O=C(CN1CCCC1C(=O)O)NC1CCCC1. The van der Waals surface area contributed by atoms with Crippen molar-refractivity contribution in [3.63, 3.8) is 0 Å². The predicted octanol–water partition coefficient (Wildman–Crippen LogP) is 1.02. The van der Waals surface area contributed by atoms with Crippen molar-refractivity contribution in [3.8, 4) is 0 Å². The molecule has 6 heteroatoms. The van der Waals surface area contributed by atoms with Crippen LogP contribution in [0.4, 0.5) is 0 Å². The van der Waals surface area contributed by atoms with Gasteiger partial charge in [0.15, 0.2) is 0 Å². The molecule has 1 heterocycles. The average Bonchev–Trinajstić information content (AvgIpc) is 2.88. The second-order valence-electron chi connectivity index (χ2n) is 5.02. The summed E-state index contributed by atoms with van der Waals surface area (Å²) in [5.74, 6) is -0.832. The van der Waals surface area contributed by atoms with Crippen LogP contribution in [0.15, 0.2) is 0 Å². The lowest BCUT2D eigenvalue weighted by Gasteiger charge is -2.21. The monoisotopic (exact) mass is 276 g/mol. The van der Waals surface area contributed by atoms with Crippen molar-refractivity contribution < 1.29 is 14.7 Å². The largest absolute Gasteiger partial charge is 0.480 e. The van der Waals surface area contributed by atoms with Crippen molar-refractivity contribution in [2.75, 3.05) is 13.1 Å². The molecule has 1 saturated carbocycles. The van der Waals surface area contributed by atoms with Crippen molar-refractivity contribution >= 4 is 24.3 Å². The summed E-state index contributed by atoms with van der Waals surface area (Å²) in [5, 5.41) is 12.0. The summed E-state index contributed by atoms with van der Waals surface area (Å²) in [6, 6.07) is -0.155. The van der Waals surface area contributed by atoms with E-state index in [0.717, 1.165) is 25.8 Å². The number of hydrogen-bond donors (Lipinski definition) is 2. The van der Waals surface area contributed by atoms with Crippen LogP contribution in [-0.2, 0) is 9.59 Å². The molecular weight excluding hydrogens is 256 g/mol. The molecule has 5 nitrogen and oxygen atoms in total. The Kier molecular flexibility index (Phi) is 5.88. The summed E-state index contributed by atoms with van der Waals surface area (Å²) in [4.78, 5) is 24.5. The number of hydrogen-bond acceptors (Lipinski definition) is 3. The molecule has 1 aliphatic carbocycles. The van der Waals surface area contributed by atoms with E-state index >= 15 is 0 Å². The standard InChI is InChI=1S/C12H20N2O3.ClH/c15-11(13-9-4-1-2-5-9)8-14-7-3-6-10(14)12(16)17;/h9-10H,1-8H2,(H,13,15)(H,16,17);1H. The minimum absolute atomic E-state index is 0. The minimum atomic E-state index is -0.809. The van der Waals surface area contributed by atoms with Crippen LogP contribution in [0.2, 0.25) is 0 Å². The van der Waals surface area contributed by atoms with Crippen LogP contribution in [0.5, 0.6) is 0 Å². The maximum atomic E-state index is 11.8. The number of nitrogens with one attached hydrogen (secondary N) is 1. The first kappa shape index (κ1) is 15.2. The Bertz CT molecular complexity index is 306. The number of amides is 1. The number of likely N-dealkylation sites (tertiary alicyclic amines) is 1. The highest BCUT2D eigenvalue weighted by atomic mass is 35.5. The van der Waals surface area contributed by atoms with Crippen LogP contribution in [0.25, 0.3) is 0 Å². The predicted molar refractivity (Wildman–Crippen MR) is 69.9 cm³/mol. The molecule has 0 aromatic carbocycles. The normalized spacial score (nSPS) is 24.8. The zero-order valence-corrected chi connectivity index (χ0v) is 11.2. The third-order valence-electron chi connectivity index (χ3n) is 3.72. The van der Waals surface area contributed by atoms with E-state index in [1.165, 1.54) is 12.8 Å². The molecule has 2 N–H and O–H groups in total. The summed E-state index contributed by atoms with van der Waals surface area (Å²) in [5.41, 5.74) is 0. The van der Waals surface area contributed by atoms with Crippen molar-refractivity contribution in [1.29, 1.82) is 0 Å². The maximum Gasteiger partial charge on any atom is 0.320 e. The van der Waals surface area contributed by atoms with E-state index in [0.29, 0.717) is 12.5 Å². The molecule has 18 heavy (non-hydrogen) atoms. The van der Waals surface area contributed by atoms with Gasteiger partial charge in [-0.15, -0.1) is 12.4 Å². The fourth-order valence-electron chi connectivity index (χ4n) is 2.82. The van der Waals surface area contributed by atoms with E-state index in [9.17, 15) is 9.59 Å². The first-order chi connectivity index (χ1) is 8.16. The Morgan fingerprint density at radius 2 is 1.83 bits per heavy atom.